The molecule has 0 spiro atoms. The summed E-state index contributed by atoms with van der Waals surface area (Å²) >= 11 is 0. The van der Waals surface area contributed by atoms with Crippen LogP contribution < -0.4 is 10.6 Å². The highest BCUT2D eigenvalue weighted by Gasteiger charge is 2.30. The normalized spacial score (nSPS) is 17.2. The highest BCUT2D eigenvalue weighted by Crippen LogP contribution is 2.24. The maximum Gasteiger partial charge on any atom is 0.245 e. The Hall–Kier alpha value is -1.88. The number of aliphatic hydroxyl groups excluding tert-OH is 1. The van der Waals surface area contributed by atoms with Crippen molar-refractivity contribution in [2.45, 2.75) is 72.1 Å². The molecule has 1 aliphatic rings. The van der Waals surface area contributed by atoms with Crippen molar-refractivity contribution in [2.75, 3.05) is 0 Å². The number of carbonyl (C=O) groups excluding carboxylic acids is 2. The first kappa shape index (κ1) is 19.4. The average Bonchev–Trinajstić information content (AvgIpc) is 3.05. The number of benzene rings is 1. The number of hydrogen-bond donors (Lipinski definition) is 3. The molecule has 1 aliphatic carbocycles. The Morgan fingerprint density at radius 1 is 1.16 bits per heavy atom. The van der Waals surface area contributed by atoms with Crippen LogP contribution in [0.4, 0.5) is 0 Å². The molecule has 1 aromatic rings. The van der Waals surface area contributed by atoms with Gasteiger partial charge in [0.1, 0.15) is 6.04 Å². The smallest absolute Gasteiger partial charge is 0.245 e. The number of hydrogen-bond acceptors (Lipinski definition) is 3. The summed E-state index contributed by atoms with van der Waals surface area (Å²) in [5.74, 6) is -0.502. The SMILES string of the molecule is Cc1cc(C)c(CNC(=O)[C@H](NC(=O)C2CCCC2)[C@H](C)O)c(C)c1. The van der Waals surface area contributed by atoms with Gasteiger partial charge >= 0.3 is 0 Å². The zero-order valence-electron chi connectivity index (χ0n) is 15.7. The first-order valence-corrected chi connectivity index (χ1v) is 9.12. The predicted molar refractivity (Wildman–Crippen MR) is 98.1 cm³/mol. The maximum absolute atomic E-state index is 12.5. The van der Waals surface area contributed by atoms with Gasteiger partial charge in [0, 0.05) is 12.5 Å². The first-order chi connectivity index (χ1) is 11.8. The molecule has 1 fully saturated rings. The summed E-state index contributed by atoms with van der Waals surface area (Å²) in [6.45, 7) is 8.01. The molecule has 0 aromatic heterocycles. The molecule has 3 N–H and O–H groups in total. The summed E-state index contributed by atoms with van der Waals surface area (Å²) in [4.78, 5) is 24.8. The minimum absolute atomic E-state index is 0.0318. The first-order valence-electron chi connectivity index (χ1n) is 9.12. The van der Waals surface area contributed by atoms with Gasteiger partial charge < -0.3 is 15.7 Å². The number of aryl methyl sites for hydroxylation is 3. The fourth-order valence-corrected chi connectivity index (χ4v) is 3.64. The van der Waals surface area contributed by atoms with Gasteiger partial charge in [0.15, 0.2) is 0 Å². The second kappa shape index (κ2) is 8.48. The van der Waals surface area contributed by atoms with E-state index in [1.807, 2.05) is 20.8 Å². The van der Waals surface area contributed by atoms with Gasteiger partial charge in [-0.1, -0.05) is 30.5 Å². The third-order valence-electron chi connectivity index (χ3n) is 5.07. The minimum atomic E-state index is -0.939. The highest BCUT2D eigenvalue weighted by atomic mass is 16.3. The van der Waals surface area contributed by atoms with Crippen molar-refractivity contribution in [3.63, 3.8) is 0 Å². The second-order valence-electron chi connectivity index (χ2n) is 7.30. The second-order valence-corrected chi connectivity index (χ2v) is 7.30. The average molecular weight is 346 g/mol. The number of carbonyl (C=O) groups is 2. The van der Waals surface area contributed by atoms with E-state index < -0.39 is 12.1 Å². The molecule has 2 atom stereocenters. The Morgan fingerprint density at radius 3 is 2.24 bits per heavy atom. The standard InChI is InChI=1S/C20H30N2O3/c1-12-9-13(2)17(14(3)10-12)11-21-20(25)18(15(4)23)22-19(24)16-7-5-6-8-16/h9-10,15-16,18,23H,5-8,11H2,1-4H3,(H,21,25)(H,22,24)/t15-,18+/m0/s1. The lowest BCUT2D eigenvalue weighted by molar-refractivity contribution is -0.133. The summed E-state index contributed by atoms with van der Waals surface area (Å²) in [5, 5.41) is 15.5. The molecule has 2 amide bonds. The molecule has 0 saturated heterocycles. The Labute approximate surface area is 150 Å². The van der Waals surface area contributed by atoms with Gasteiger partial charge in [0.2, 0.25) is 11.8 Å². The van der Waals surface area contributed by atoms with Gasteiger partial charge in [-0.2, -0.15) is 0 Å². The van der Waals surface area contributed by atoms with Gasteiger partial charge in [0.05, 0.1) is 6.10 Å². The van der Waals surface area contributed by atoms with E-state index in [4.69, 9.17) is 0 Å². The van der Waals surface area contributed by atoms with Crippen LogP contribution in [0.5, 0.6) is 0 Å². The molecule has 0 aliphatic heterocycles. The van der Waals surface area contributed by atoms with E-state index in [-0.39, 0.29) is 17.7 Å². The van der Waals surface area contributed by atoms with E-state index in [2.05, 4.69) is 22.8 Å². The maximum atomic E-state index is 12.5. The van der Waals surface area contributed by atoms with Crippen LogP contribution in [0.15, 0.2) is 12.1 Å². The van der Waals surface area contributed by atoms with Gasteiger partial charge in [-0.3, -0.25) is 9.59 Å². The Morgan fingerprint density at radius 2 is 1.72 bits per heavy atom. The molecule has 0 radical (unpaired) electrons. The Kier molecular flexibility index (Phi) is 6.59. The topological polar surface area (TPSA) is 78.4 Å². The molecule has 138 valence electrons. The van der Waals surface area contributed by atoms with E-state index >= 15 is 0 Å². The molecule has 1 aromatic carbocycles. The van der Waals surface area contributed by atoms with Crippen LogP contribution in [0.2, 0.25) is 0 Å². The van der Waals surface area contributed by atoms with Crippen LogP contribution in [0.1, 0.15) is 54.9 Å². The van der Waals surface area contributed by atoms with Crippen molar-refractivity contribution < 1.29 is 14.7 Å². The van der Waals surface area contributed by atoms with Crippen molar-refractivity contribution in [1.29, 1.82) is 0 Å². The van der Waals surface area contributed by atoms with Crippen molar-refractivity contribution in [3.05, 3.63) is 34.4 Å². The fourth-order valence-electron chi connectivity index (χ4n) is 3.64. The third-order valence-corrected chi connectivity index (χ3v) is 5.07. The molecule has 0 heterocycles. The van der Waals surface area contributed by atoms with Crippen LogP contribution >= 0.6 is 0 Å². The molecule has 5 heteroatoms. The molecule has 1 saturated carbocycles. The number of rotatable bonds is 6. The molecule has 5 nitrogen and oxygen atoms in total. The summed E-state index contributed by atoms with van der Waals surface area (Å²) < 4.78 is 0. The largest absolute Gasteiger partial charge is 0.391 e. The zero-order chi connectivity index (χ0) is 18.6. The number of aliphatic hydroxyl groups is 1. The molecule has 25 heavy (non-hydrogen) atoms. The Bertz CT molecular complexity index is 611. The van der Waals surface area contributed by atoms with Gasteiger partial charge in [-0.05, 0) is 57.2 Å². The van der Waals surface area contributed by atoms with Gasteiger partial charge in [-0.25, -0.2) is 0 Å². The summed E-state index contributed by atoms with van der Waals surface area (Å²) in [5.41, 5.74) is 4.52. The summed E-state index contributed by atoms with van der Waals surface area (Å²) in [7, 11) is 0. The van der Waals surface area contributed by atoms with Gasteiger partial charge in [0.25, 0.3) is 0 Å². The van der Waals surface area contributed by atoms with Crippen LogP contribution in [0.3, 0.4) is 0 Å². The molecular weight excluding hydrogens is 316 g/mol. The monoisotopic (exact) mass is 346 g/mol. The predicted octanol–water partition coefficient (Wildman–Crippen LogP) is 2.28. The molecule has 0 bridgehead atoms. The number of nitrogens with one attached hydrogen (secondary N) is 2. The lowest BCUT2D eigenvalue weighted by Gasteiger charge is -2.23. The van der Waals surface area contributed by atoms with E-state index in [0.717, 1.165) is 42.4 Å². The number of amides is 2. The lowest BCUT2D eigenvalue weighted by Crippen LogP contribution is -2.53. The Balaban J connectivity index is 1.99. The van der Waals surface area contributed by atoms with Crippen molar-refractivity contribution >= 4 is 11.8 Å². The fraction of sp³-hybridized carbons (Fsp3) is 0.600. The summed E-state index contributed by atoms with van der Waals surface area (Å²) in [6.07, 6.45) is 2.89. The quantitative estimate of drug-likeness (QED) is 0.739. The van der Waals surface area contributed by atoms with Crippen molar-refractivity contribution in [3.8, 4) is 0 Å². The minimum Gasteiger partial charge on any atom is -0.391 e. The van der Waals surface area contributed by atoms with Crippen LogP contribution in [0, 0.1) is 26.7 Å². The van der Waals surface area contributed by atoms with Crippen molar-refractivity contribution in [1.82, 2.24) is 10.6 Å². The van der Waals surface area contributed by atoms with E-state index in [9.17, 15) is 14.7 Å². The van der Waals surface area contributed by atoms with E-state index in [1.54, 1.807) is 0 Å². The zero-order valence-corrected chi connectivity index (χ0v) is 15.7. The molecule has 0 unspecified atom stereocenters. The summed E-state index contributed by atoms with van der Waals surface area (Å²) in [6, 6.07) is 3.25. The highest BCUT2D eigenvalue weighted by molar-refractivity contribution is 5.89. The molecule has 2 rings (SSSR count). The van der Waals surface area contributed by atoms with Gasteiger partial charge in [-0.15, -0.1) is 0 Å². The van der Waals surface area contributed by atoms with Crippen LogP contribution in [-0.2, 0) is 16.1 Å². The van der Waals surface area contributed by atoms with Crippen LogP contribution in [-0.4, -0.2) is 29.1 Å². The van der Waals surface area contributed by atoms with E-state index in [1.165, 1.54) is 12.5 Å². The van der Waals surface area contributed by atoms with E-state index in [0.29, 0.717) is 6.54 Å². The third kappa shape index (κ3) is 5.05. The van der Waals surface area contributed by atoms with Crippen molar-refractivity contribution in [2.24, 2.45) is 5.92 Å². The lowest BCUT2D eigenvalue weighted by atomic mass is 9.99. The molecular formula is C20H30N2O3. The van der Waals surface area contributed by atoms with Crippen LogP contribution in [0.25, 0.3) is 0 Å².